The van der Waals surface area contributed by atoms with Crippen LogP contribution in [0.15, 0.2) is 30.3 Å². The van der Waals surface area contributed by atoms with Crippen LogP contribution >= 0.6 is 0 Å². The SMILES string of the molecule is CCOC(=O)N1CCN(C(=O)[C@H](CCC(=O)O)NC(=O)c2cc(OCC(=O)N3CCC(C(F)(F)F)C3)c3ccccc3n2)CC1.FC(F)(F)C1CCNC1. The molecule has 0 bridgehead atoms. The van der Waals surface area contributed by atoms with Crippen LogP contribution in [0.4, 0.5) is 31.1 Å². The van der Waals surface area contributed by atoms with E-state index < -0.39 is 79.6 Å². The van der Waals surface area contributed by atoms with E-state index in [2.05, 4.69) is 15.6 Å². The van der Waals surface area contributed by atoms with E-state index in [1.165, 1.54) is 15.9 Å². The number of likely N-dealkylation sites (tertiary alicyclic amines) is 1. The number of amides is 4. The number of rotatable bonds is 10. The molecule has 0 radical (unpaired) electrons. The highest BCUT2D eigenvalue weighted by molar-refractivity contribution is 5.99. The Morgan fingerprint density at radius 3 is 2.19 bits per heavy atom. The Morgan fingerprint density at radius 1 is 0.944 bits per heavy atom. The second-order valence-electron chi connectivity index (χ2n) is 12.9. The van der Waals surface area contributed by atoms with Crippen molar-refractivity contribution in [3.8, 4) is 5.75 Å². The van der Waals surface area contributed by atoms with Crippen molar-refractivity contribution in [2.75, 3.05) is 65.6 Å². The Balaban J connectivity index is 0.000000631. The van der Waals surface area contributed by atoms with E-state index in [1.807, 2.05) is 0 Å². The van der Waals surface area contributed by atoms with Gasteiger partial charge in [-0.25, -0.2) is 9.78 Å². The van der Waals surface area contributed by atoms with Crippen LogP contribution in [-0.4, -0.2) is 139 Å². The molecule has 14 nitrogen and oxygen atoms in total. The number of pyridine rings is 1. The predicted octanol–water partition coefficient (Wildman–Crippen LogP) is 3.45. The Morgan fingerprint density at radius 2 is 1.61 bits per heavy atom. The number of carboxylic acid groups (broad SMARTS) is 1. The summed E-state index contributed by atoms with van der Waals surface area (Å²) < 4.78 is 85.0. The van der Waals surface area contributed by atoms with E-state index >= 15 is 0 Å². The van der Waals surface area contributed by atoms with Gasteiger partial charge in [0.1, 0.15) is 17.5 Å². The Bertz CT molecular complexity index is 1650. The van der Waals surface area contributed by atoms with Crippen molar-refractivity contribution in [1.29, 1.82) is 0 Å². The van der Waals surface area contributed by atoms with Crippen LogP contribution in [0.2, 0.25) is 0 Å². The number of piperazine rings is 1. The number of nitrogens with one attached hydrogen (secondary N) is 2. The summed E-state index contributed by atoms with van der Waals surface area (Å²) in [6.45, 7) is 2.10. The molecule has 54 heavy (non-hydrogen) atoms. The third-order valence-electron chi connectivity index (χ3n) is 9.16. The normalized spacial score (nSPS) is 19.5. The molecule has 3 saturated heterocycles. The topological polar surface area (TPSA) is 171 Å². The van der Waals surface area contributed by atoms with Crippen molar-refractivity contribution in [1.82, 2.24) is 30.3 Å². The number of para-hydroxylation sites is 1. The summed E-state index contributed by atoms with van der Waals surface area (Å²) in [7, 11) is 0. The van der Waals surface area contributed by atoms with E-state index in [1.54, 1.807) is 31.2 Å². The quantitative estimate of drug-likeness (QED) is 0.304. The van der Waals surface area contributed by atoms with Gasteiger partial charge in [-0.2, -0.15) is 26.3 Å². The molecule has 5 rings (SSSR count). The number of hydrogen-bond acceptors (Lipinski definition) is 9. The zero-order valence-electron chi connectivity index (χ0n) is 29.4. The van der Waals surface area contributed by atoms with Gasteiger partial charge >= 0.3 is 24.4 Å². The second-order valence-corrected chi connectivity index (χ2v) is 12.9. The maximum atomic E-state index is 13.4. The molecule has 1 aromatic heterocycles. The van der Waals surface area contributed by atoms with Gasteiger partial charge in [-0.05, 0) is 44.9 Å². The molecule has 3 aliphatic heterocycles. The maximum absolute atomic E-state index is 13.4. The molecule has 3 aliphatic rings. The number of carbonyl (C=O) groups excluding carboxylic acids is 4. The highest BCUT2D eigenvalue weighted by Gasteiger charge is 2.45. The lowest BCUT2D eigenvalue weighted by Crippen LogP contribution is -2.56. The van der Waals surface area contributed by atoms with Crippen LogP contribution < -0.4 is 15.4 Å². The van der Waals surface area contributed by atoms with Crippen molar-refractivity contribution >= 4 is 40.7 Å². The van der Waals surface area contributed by atoms with Gasteiger partial charge in [0.15, 0.2) is 6.61 Å². The molecule has 0 saturated carbocycles. The van der Waals surface area contributed by atoms with Crippen LogP contribution in [0.3, 0.4) is 0 Å². The lowest BCUT2D eigenvalue weighted by molar-refractivity contribution is -0.171. The Labute approximate surface area is 306 Å². The first-order valence-electron chi connectivity index (χ1n) is 17.4. The summed E-state index contributed by atoms with van der Waals surface area (Å²) in [5.74, 6) is -5.77. The van der Waals surface area contributed by atoms with Crippen LogP contribution in [-0.2, 0) is 19.1 Å². The van der Waals surface area contributed by atoms with Gasteiger partial charge in [0.05, 0.1) is 24.0 Å². The molecule has 298 valence electrons. The highest BCUT2D eigenvalue weighted by atomic mass is 19.4. The molecule has 3 atom stereocenters. The Hall–Kier alpha value is -4.88. The fraction of sp³-hybridized carbons (Fsp3) is 0.588. The zero-order chi connectivity index (χ0) is 39.6. The average Bonchev–Trinajstić information content (AvgIpc) is 3.86. The average molecular weight is 777 g/mol. The summed E-state index contributed by atoms with van der Waals surface area (Å²) in [5, 5.41) is 14.9. The van der Waals surface area contributed by atoms with E-state index in [0.717, 1.165) is 4.90 Å². The lowest BCUT2D eigenvalue weighted by Gasteiger charge is -2.35. The van der Waals surface area contributed by atoms with E-state index in [-0.39, 0.29) is 76.6 Å². The number of halogens is 6. The predicted molar refractivity (Wildman–Crippen MR) is 178 cm³/mol. The zero-order valence-corrected chi connectivity index (χ0v) is 29.4. The molecule has 2 aromatic rings. The van der Waals surface area contributed by atoms with Crippen molar-refractivity contribution in [2.24, 2.45) is 11.8 Å². The highest BCUT2D eigenvalue weighted by Crippen LogP contribution is 2.34. The third-order valence-corrected chi connectivity index (χ3v) is 9.16. The monoisotopic (exact) mass is 776 g/mol. The molecular weight excluding hydrogens is 734 g/mol. The van der Waals surface area contributed by atoms with Gasteiger partial charge in [0.25, 0.3) is 11.8 Å². The fourth-order valence-electron chi connectivity index (χ4n) is 6.10. The third kappa shape index (κ3) is 11.6. The molecule has 3 N–H and O–H groups in total. The van der Waals surface area contributed by atoms with Crippen LogP contribution in [0.25, 0.3) is 10.9 Å². The minimum atomic E-state index is -4.40. The number of carboxylic acids is 1. The minimum Gasteiger partial charge on any atom is -0.483 e. The minimum absolute atomic E-state index is 0.0548. The van der Waals surface area contributed by atoms with Crippen LogP contribution in [0, 0.1) is 11.8 Å². The molecule has 4 heterocycles. The van der Waals surface area contributed by atoms with Crippen molar-refractivity contribution in [3.05, 3.63) is 36.0 Å². The Kier molecular flexibility index (Phi) is 14.3. The molecule has 3 fully saturated rings. The van der Waals surface area contributed by atoms with Crippen LogP contribution in [0.5, 0.6) is 5.75 Å². The first-order valence-corrected chi connectivity index (χ1v) is 17.4. The molecule has 4 amide bonds. The summed E-state index contributed by atoms with van der Waals surface area (Å²) in [4.78, 5) is 71.0. The largest absolute Gasteiger partial charge is 0.483 e. The molecular formula is C34H42F6N6O8. The first-order chi connectivity index (χ1) is 25.5. The van der Waals surface area contributed by atoms with Crippen molar-refractivity contribution < 1.29 is 64.9 Å². The van der Waals surface area contributed by atoms with Gasteiger partial charge in [-0.3, -0.25) is 19.2 Å². The smallest absolute Gasteiger partial charge is 0.409 e. The van der Waals surface area contributed by atoms with Gasteiger partial charge in [0, 0.05) is 63.7 Å². The molecule has 0 spiro atoms. The summed E-state index contributed by atoms with van der Waals surface area (Å²) in [6, 6.07) is 6.58. The molecule has 2 unspecified atom stereocenters. The van der Waals surface area contributed by atoms with Gasteiger partial charge < -0.3 is 39.9 Å². The lowest BCUT2D eigenvalue weighted by atomic mass is 10.1. The summed E-state index contributed by atoms with van der Waals surface area (Å²) in [5.41, 5.74) is 0.129. The standard InChI is InChI=1S/C29H34F3N5O8.C5H8F3N/c1-2-44-28(43)36-13-11-35(12-14-36)27(42)21(7-8-25(39)40)34-26(41)22-15-23(19-5-3-4-6-20(19)33-22)45-17-24(38)37-10-9-18(16-37)29(30,31)32;6-5(7,8)4-1-2-9-3-4/h3-6,15,18,21H,2,7-14,16-17H2,1H3,(H,34,41)(H,39,40);4,9H,1-3H2/t18?,21-;/m0./s1. The van der Waals surface area contributed by atoms with E-state index in [9.17, 15) is 55.4 Å². The number of hydrogen-bond donors (Lipinski definition) is 3. The van der Waals surface area contributed by atoms with Gasteiger partial charge in [0.2, 0.25) is 5.91 Å². The number of fused-ring (bicyclic) bond motifs is 1. The summed E-state index contributed by atoms with van der Waals surface area (Å²) >= 11 is 0. The number of ether oxygens (including phenoxy) is 2. The number of aromatic nitrogens is 1. The van der Waals surface area contributed by atoms with E-state index in [0.29, 0.717) is 17.4 Å². The van der Waals surface area contributed by atoms with Crippen LogP contribution in [0.1, 0.15) is 43.1 Å². The second kappa shape index (κ2) is 18.4. The number of nitrogens with zero attached hydrogens (tertiary/aromatic N) is 4. The maximum Gasteiger partial charge on any atom is 0.409 e. The number of aliphatic carboxylic acids is 1. The number of alkyl halides is 6. The molecule has 1 aromatic carbocycles. The van der Waals surface area contributed by atoms with Crippen molar-refractivity contribution in [2.45, 2.75) is 51.0 Å². The molecule has 0 aliphatic carbocycles. The van der Waals surface area contributed by atoms with Crippen molar-refractivity contribution in [3.63, 3.8) is 0 Å². The first kappa shape index (κ1) is 41.9. The number of carbonyl (C=O) groups is 5. The number of benzene rings is 1. The fourth-order valence-corrected chi connectivity index (χ4v) is 6.10. The van der Waals surface area contributed by atoms with E-state index in [4.69, 9.17) is 9.47 Å². The summed E-state index contributed by atoms with van der Waals surface area (Å²) in [6.07, 6.45) is -9.47. The van der Waals surface area contributed by atoms with Gasteiger partial charge in [-0.15, -0.1) is 0 Å². The van der Waals surface area contributed by atoms with Gasteiger partial charge in [-0.1, -0.05) is 12.1 Å². The molecule has 20 heteroatoms.